The van der Waals surface area contributed by atoms with Crippen molar-refractivity contribution < 1.29 is 0 Å². The standard InChI is InChI=1S/C15H18N2/c1-2-15(17-16,13-9-5-3-6-10-13)14-11-7-4-8-12-14/h3-12,17H,2,16H2,1H3. The van der Waals surface area contributed by atoms with Crippen LogP contribution in [0, 0.1) is 0 Å². The van der Waals surface area contributed by atoms with Gasteiger partial charge in [0.05, 0.1) is 5.54 Å². The van der Waals surface area contributed by atoms with Gasteiger partial charge in [-0.3, -0.25) is 5.84 Å². The van der Waals surface area contributed by atoms with Crippen LogP contribution in [0.2, 0.25) is 0 Å². The highest BCUT2D eigenvalue weighted by Crippen LogP contribution is 2.31. The van der Waals surface area contributed by atoms with E-state index >= 15 is 0 Å². The molecule has 2 rings (SSSR count). The van der Waals surface area contributed by atoms with Crippen molar-refractivity contribution >= 4 is 0 Å². The molecule has 3 N–H and O–H groups in total. The summed E-state index contributed by atoms with van der Waals surface area (Å²) in [6.07, 6.45) is 0.900. The summed E-state index contributed by atoms with van der Waals surface area (Å²) in [5, 5.41) is 0. The van der Waals surface area contributed by atoms with E-state index in [4.69, 9.17) is 5.84 Å². The minimum absolute atomic E-state index is 0.303. The van der Waals surface area contributed by atoms with Crippen molar-refractivity contribution in [1.29, 1.82) is 0 Å². The average Bonchev–Trinajstić information content (AvgIpc) is 2.43. The Morgan fingerprint density at radius 3 is 1.59 bits per heavy atom. The highest BCUT2D eigenvalue weighted by molar-refractivity contribution is 5.37. The molecule has 0 spiro atoms. The smallest absolute Gasteiger partial charge is 0.0816 e. The van der Waals surface area contributed by atoms with E-state index in [-0.39, 0.29) is 5.54 Å². The first kappa shape index (κ1) is 11.8. The monoisotopic (exact) mass is 226 g/mol. The van der Waals surface area contributed by atoms with Crippen LogP contribution in [0.15, 0.2) is 60.7 Å². The zero-order valence-corrected chi connectivity index (χ0v) is 10.1. The summed E-state index contributed by atoms with van der Waals surface area (Å²) in [4.78, 5) is 0. The van der Waals surface area contributed by atoms with Crippen molar-refractivity contribution in [3.8, 4) is 0 Å². The number of hydrogen-bond donors (Lipinski definition) is 2. The van der Waals surface area contributed by atoms with Crippen LogP contribution in [-0.4, -0.2) is 0 Å². The fraction of sp³-hybridized carbons (Fsp3) is 0.200. The van der Waals surface area contributed by atoms with Gasteiger partial charge in [-0.1, -0.05) is 67.6 Å². The van der Waals surface area contributed by atoms with Gasteiger partial charge in [0.25, 0.3) is 0 Å². The van der Waals surface area contributed by atoms with Crippen LogP contribution in [0.4, 0.5) is 0 Å². The highest BCUT2D eigenvalue weighted by atomic mass is 15.3. The quantitative estimate of drug-likeness (QED) is 0.621. The van der Waals surface area contributed by atoms with Crippen LogP contribution in [0.5, 0.6) is 0 Å². The van der Waals surface area contributed by atoms with Crippen molar-refractivity contribution in [2.75, 3.05) is 0 Å². The Labute approximate surface area is 102 Å². The van der Waals surface area contributed by atoms with Crippen molar-refractivity contribution in [3.05, 3.63) is 71.8 Å². The van der Waals surface area contributed by atoms with Crippen molar-refractivity contribution in [2.24, 2.45) is 5.84 Å². The second kappa shape index (κ2) is 5.13. The molecule has 17 heavy (non-hydrogen) atoms. The Kier molecular flexibility index (Phi) is 3.57. The van der Waals surface area contributed by atoms with E-state index in [9.17, 15) is 0 Å². The maximum absolute atomic E-state index is 5.83. The maximum atomic E-state index is 5.83. The lowest BCUT2D eigenvalue weighted by molar-refractivity contribution is 0.396. The van der Waals surface area contributed by atoms with Crippen molar-refractivity contribution in [3.63, 3.8) is 0 Å². The third kappa shape index (κ3) is 2.09. The first-order valence-electron chi connectivity index (χ1n) is 5.92. The van der Waals surface area contributed by atoms with Gasteiger partial charge in [0.1, 0.15) is 0 Å². The van der Waals surface area contributed by atoms with Gasteiger partial charge < -0.3 is 0 Å². The van der Waals surface area contributed by atoms with Crippen molar-refractivity contribution in [2.45, 2.75) is 18.9 Å². The summed E-state index contributed by atoms with van der Waals surface area (Å²) in [7, 11) is 0. The van der Waals surface area contributed by atoms with Gasteiger partial charge in [0, 0.05) is 0 Å². The van der Waals surface area contributed by atoms with Crippen LogP contribution in [-0.2, 0) is 5.54 Å². The van der Waals surface area contributed by atoms with E-state index in [0.29, 0.717) is 0 Å². The van der Waals surface area contributed by atoms with Gasteiger partial charge in [0.2, 0.25) is 0 Å². The molecule has 2 heteroatoms. The molecule has 0 heterocycles. The lowest BCUT2D eigenvalue weighted by atomic mass is 9.81. The van der Waals surface area contributed by atoms with Crippen LogP contribution >= 0.6 is 0 Å². The van der Waals surface area contributed by atoms with E-state index in [1.807, 2.05) is 36.4 Å². The minimum atomic E-state index is -0.303. The van der Waals surface area contributed by atoms with E-state index in [2.05, 4.69) is 36.6 Å². The number of benzene rings is 2. The van der Waals surface area contributed by atoms with E-state index in [1.54, 1.807) is 0 Å². The van der Waals surface area contributed by atoms with Crippen molar-refractivity contribution in [1.82, 2.24) is 5.43 Å². The van der Waals surface area contributed by atoms with Crippen LogP contribution in [0.3, 0.4) is 0 Å². The third-order valence-corrected chi connectivity index (χ3v) is 3.31. The molecule has 0 fully saturated rings. The molecule has 0 unspecified atom stereocenters. The topological polar surface area (TPSA) is 38.0 Å². The molecule has 0 saturated carbocycles. The van der Waals surface area contributed by atoms with Gasteiger partial charge in [-0.2, -0.15) is 0 Å². The molecule has 2 aromatic rings. The molecule has 2 nitrogen and oxygen atoms in total. The molecule has 88 valence electrons. The first-order valence-corrected chi connectivity index (χ1v) is 5.92. The van der Waals surface area contributed by atoms with Crippen LogP contribution in [0.25, 0.3) is 0 Å². The molecule has 0 aliphatic carbocycles. The lowest BCUT2D eigenvalue weighted by Gasteiger charge is -2.33. The molecule has 0 aromatic heterocycles. The second-order valence-electron chi connectivity index (χ2n) is 4.14. The molecule has 0 saturated heterocycles. The summed E-state index contributed by atoms with van der Waals surface area (Å²) in [6.45, 7) is 2.14. The Balaban J connectivity index is 2.54. The number of hydrogen-bond acceptors (Lipinski definition) is 2. The summed E-state index contributed by atoms with van der Waals surface area (Å²) < 4.78 is 0. The average molecular weight is 226 g/mol. The lowest BCUT2D eigenvalue weighted by Crippen LogP contribution is -2.47. The Hall–Kier alpha value is -1.64. The van der Waals surface area contributed by atoms with Gasteiger partial charge >= 0.3 is 0 Å². The zero-order chi connectivity index (χ0) is 12.1. The van der Waals surface area contributed by atoms with Gasteiger partial charge in [0.15, 0.2) is 0 Å². The van der Waals surface area contributed by atoms with Crippen LogP contribution in [0.1, 0.15) is 24.5 Å². The molecular weight excluding hydrogens is 208 g/mol. The second-order valence-corrected chi connectivity index (χ2v) is 4.14. The van der Waals surface area contributed by atoms with Gasteiger partial charge in [-0.25, -0.2) is 5.43 Å². The summed E-state index contributed by atoms with van der Waals surface area (Å²) in [6, 6.07) is 20.6. The van der Waals surface area contributed by atoms with E-state index < -0.39 is 0 Å². The zero-order valence-electron chi connectivity index (χ0n) is 10.1. The van der Waals surface area contributed by atoms with E-state index in [1.165, 1.54) is 11.1 Å². The first-order chi connectivity index (χ1) is 8.33. The highest BCUT2D eigenvalue weighted by Gasteiger charge is 2.30. The fourth-order valence-corrected chi connectivity index (χ4v) is 2.29. The van der Waals surface area contributed by atoms with Crippen LogP contribution < -0.4 is 11.3 Å². The molecule has 0 bridgehead atoms. The predicted octanol–water partition coefficient (Wildman–Crippen LogP) is 2.80. The number of hydrazine groups is 1. The Bertz CT molecular complexity index is 405. The minimum Gasteiger partial charge on any atom is -0.270 e. The third-order valence-electron chi connectivity index (χ3n) is 3.31. The maximum Gasteiger partial charge on any atom is 0.0816 e. The normalized spacial score (nSPS) is 11.4. The summed E-state index contributed by atoms with van der Waals surface area (Å²) in [5.74, 6) is 5.83. The summed E-state index contributed by atoms with van der Waals surface area (Å²) in [5.41, 5.74) is 5.08. The molecular formula is C15H18N2. The van der Waals surface area contributed by atoms with Gasteiger partial charge in [-0.05, 0) is 17.5 Å². The fourth-order valence-electron chi connectivity index (χ4n) is 2.29. The SMILES string of the molecule is CCC(NN)(c1ccccc1)c1ccccc1. The number of rotatable bonds is 4. The summed E-state index contributed by atoms with van der Waals surface area (Å²) >= 11 is 0. The molecule has 0 radical (unpaired) electrons. The predicted molar refractivity (Wildman–Crippen MR) is 71.3 cm³/mol. The largest absolute Gasteiger partial charge is 0.270 e. The molecule has 0 amide bonds. The molecule has 2 aromatic carbocycles. The van der Waals surface area contributed by atoms with Gasteiger partial charge in [-0.15, -0.1) is 0 Å². The number of nitrogens with two attached hydrogens (primary N) is 1. The Morgan fingerprint density at radius 2 is 1.29 bits per heavy atom. The number of nitrogens with one attached hydrogen (secondary N) is 1. The van der Waals surface area contributed by atoms with E-state index in [0.717, 1.165) is 6.42 Å². The molecule has 0 aliphatic rings. The molecule has 0 atom stereocenters. The molecule has 0 aliphatic heterocycles. The Morgan fingerprint density at radius 1 is 0.882 bits per heavy atom.